The molecule has 2 unspecified atom stereocenters. The van der Waals surface area contributed by atoms with Crippen molar-refractivity contribution in [1.82, 2.24) is 24.9 Å². The van der Waals surface area contributed by atoms with E-state index in [2.05, 4.69) is 31.5 Å². The van der Waals surface area contributed by atoms with Gasteiger partial charge in [-0.25, -0.2) is 19.9 Å². The molecule has 3 aromatic rings. The Balaban J connectivity index is 2.07. The van der Waals surface area contributed by atoms with E-state index in [1.807, 2.05) is 19.1 Å². The first-order chi connectivity index (χ1) is 13.1. The van der Waals surface area contributed by atoms with E-state index >= 15 is 0 Å². The highest BCUT2D eigenvalue weighted by molar-refractivity contribution is 5.86. The van der Waals surface area contributed by atoms with Crippen LogP contribution in [0.1, 0.15) is 17.1 Å². The van der Waals surface area contributed by atoms with Crippen molar-refractivity contribution in [2.24, 2.45) is 10.7 Å². The molecule has 27 heavy (non-hydrogen) atoms. The maximum Gasteiger partial charge on any atom is 0.212 e. The molecule has 4 rings (SSSR count). The van der Waals surface area contributed by atoms with Gasteiger partial charge in [0.1, 0.15) is 17.5 Å². The van der Waals surface area contributed by atoms with Crippen LogP contribution in [-0.2, 0) is 5.41 Å². The summed E-state index contributed by atoms with van der Waals surface area (Å²) in [4.78, 5) is 25.4. The zero-order valence-electron chi connectivity index (χ0n) is 15.0. The van der Waals surface area contributed by atoms with E-state index < -0.39 is 11.6 Å². The molecule has 1 aliphatic heterocycles. The van der Waals surface area contributed by atoms with Crippen molar-refractivity contribution < 1.29 is 4.74 Å². The van der Waals surface area contributed by atoms with Crippen molar-refractivity contribution in [3.05, 3.63) is 66.0 Å². The molecule has 0 fully saturated rings. The number of dihydropyridines is 1. The number of aryl methyl sites for hydroxylation is 1. The summed E-state index contributed by atoms with van der Waals surface area (Å²) in [6, 6.07) is 3.71. The van der Waals surface area contributed by atoms with Crippen molar-refractivity contribution in [3.63, 3.8) is 0 Å². The van der Waals surface area contributed by atoms with Gasteiger partial charge in [-0.3, -0.25) is 4.99 Å². The van der Waals surface area contributed by atoms with Crippen molar-refractivity contribution in [3.8, 4) is 5.88 Å². The number of H-pyrrole nitrogens is 1. The van der Waals surface area contributed by atoms with Crippen molar-refractivity contribution in [2.75, 3.05) is 7.11 Å². The molecule has 0 amide bonds. The molecule has 0 radical (unpaired) electrons. The number of ether oxygens (including phenoxy) is 1. The topological polar surface area (TPSA) is 115 Å². The van der Waals surface area contributed by atoms with Gasteiger partial charge >= 0.3 is 0 Å². The Morgan fingerprint density at radius 1 is 1.30 bits per heavy atom. The molecule has 3 aromatic heterocycles. The number of aliphatic imine (C=N–C) groups is 1. The number of aromatic amines is 1. The van der Waals surface area contributed by atoms with E-state index in [4.69, 9.17) is 15.5 Å². The Hall–Kier alpha value is -3.39. The summed E-state index contributed by atoms with van der Waals surface area (Å²) < 4.78 is 5.20. The maximum absolute atomic E-state index is 6.54. The number of hydrogen-bond acceptors (Lipinski definition) is 7. The van der Waals surface area contributed by atoms with Gasteiger partial charge in [0.15, 0.2) is 5.65 Å². The number of imidazole rings is 1. The average molecular weight is 361 g/mol. The lowest BCUT2D eigenvalue weighted by molar-refractivity contribution is 0.396. The van der Waals surface area contributed by atoms with Crippen molar-refractivity contribution in [1.29, 1.82) is 0 Å². The van der Waals surface area contributed by atoms with E-state index in [0.29, 0.717) is 28.6 Å². The van der Waals surface area contributed by atoms with Crippen LogP contribution in [0, 0.1) is 6.92 Å². The van der Waals surface area contributed by atoms with Gasteiger partial charge in [-0.15, -0.1) is 0 Å². The molecule has 136 valence electrons. The number of fused-ring (bicyclic) bond motifs is 1. The van der Waals surface area contributed by atoms with Crippen LogP contribution in [0.4, 0.5) is 0 Å². The Morgan fingerprint density at radius 3 is 2.85 bits per heavy atom. The van der Waals surface area contributed by atoms with Crippen LogP contribution in [0.5, 0.6) is 5.88 Å². The van der Waals surface area contributed by atoms with Crippen LogP contribution in [0.2, 0.25) is 0 Å². The predicted molar refractivity (Wildman–Crippen MR) is 103 cm³/mol. The lowest BCUT2D eigenvalue weighted by Gasteiger charge is -2.36. The highest BCUT2D eigenvalue weighted by Gasteiger charge is 2.44. The number of nitrogens with zero attached hydrogens (tertiary/aromatic N) is 5. The lowest BCUT2D eigenvalue weighted by atomic mass is 9.72. The largest absolute Gasteiger partial charge is 0.481 e. The van der Waals surface area contributed by atoms with Gasteiger partial charge in [0, 0.05) is 18.5 Å². The van der Waals surface area contributed by atoms with Gasteiger partial charge in [0.25, 0.3) is 0 Å². The SMILES string of the molecule is C=CC1=CC(c2ccc(OC)nc2)(c2nc(C)nc3nc[nH]c23)C(N)N=C1. The molecular formula is C19H19N7O. The summed E-state index contributed by atoms with van der Waals surface area (Å²) >= 11 is 0. The molecule has 0 spiro atoms. The Morgan fingerprint density at radius 2 is 2.15 bits per heavy atom. The van der Waals surface area contributed by atoms with E-state index in [0.717, 1.165) is 11.1 Å². The molecule has 0 saturated carbocycles. The average Bonchev–Trinajstić information content (AvgIpc) is 3.16. The third-order valence-corrected chi connectivity index (χ3v) is 4.69. The van der Waals surface area contributed by atoms with Crippen LogP contribution in [0.15, 0.2) is 54.0 Å². The van der Waals surface area contributed by atoms with Gasteiger partial charge in [-0.1, -0.05) is 24.8 Å². The van der Waals surface area contributed by atoms with Crippen molar-refractivity contribution in [2.45, 2.75) is 18.5 Å². The van der Waals surface area contributed by atoms with Crippen LogP contribution >= 0.6 is 0 Å². The van der Waals surface area contributed by atoms with Crippen LogP contribution in [0.3, 0.4) is 0 Å². The summed E-state index contributed by atoms with van der Waals surface area (Å²) in [5, 5.41) is 0. The standard InChI is InChI=1S/C19H19N7O/c1-4-12-7-19(18(20)22-8-12,13-5-6-14(27-3)21-9-13)16-15-17(24-10-23-15)26-11(2)25-16/h4-10,18H,1,20H2,2-3H3,(H,23,24,25,26). The number of nitrogens with two attached hydrogens (primary N) is 1. The molecule has 1 aliphatic rings. The molecule has 8 nitrogen and oxygen atoms in total. The van der Waals surface area contributed by atoms with Gasteiger partial charge in [0.2, 0.25) is 5.88 Å². The highest BCUT2D eigenvalue weighted by Crippen LogP contribution is 2.41. The molecule has 2 atom stereocenters. The minimum absolute atomic E-state index is 0.514. The predicted octanol–water partition coefficient (Wildman–Crippen LogP) is 1.83. The fraction of sp³-hybridized carbons (Fsp3) is 0.211. The summed E-state index contributed by atoms with van der Waals surface area (Å²) in [7, 11) is 1.58. The van der Waals surface area contributed by atoms with Gasteiger partial charge < -0.3 is 15.5 Å². The smallest absolute Gasteiger partial charge is 0.212 e. The molecule has 3 N–H and O–H groups in total. The first kappa shape index (κ1) is 17.0. The van der Waals surface area contributed by atoms with E-state index in [9.17, 15) is 0 Å². The molecule has 0 aromatic carbocycles. The van der Waals surface area contributed by atoms with Gasteiger partial charge in [-0.2, -0.15) is 0 Å². The van der Waals surface area contributed by atoms with Gasteiger partial charge in [-0.05, 0) is 18.1 Å². The molecular weight excluding hydrogens is 342 g/mol. The Bertz CT molecular complexity index is 1070. The number of allylic oxidation sites excluding steroid dienone is 2. The molecule has 8 heteroatoms. The van der Waals surface area contributed by atoms with Crippen LogP contribution < -0.4 is 10.5 Å². The fourth-order valence-electron chi connectivity index (χ4n) is 3.37. The normalized spacial score (nSPS) is 21.9. The van der Waals surface area contributed by atoms with Crippen LogP contribution in [-0.4, -0.2) is 44.4 Å². The number of rotatable bonds is 4. The summed E-state index contributed by atoms with van der Waals surface area (Å²) in [5.41, 5.74) is 9.34. The minimum Gasteiger partial charge on any atom is -0.481 e. The zero-order chi connectivity index (χ0) is 19.0. The minimum atomic E-state index is -0.865. The number of hydrogen-bond donors (Lipinski definition) is 2. The Labute approximate surface area is 156 Å². The summed E-state index contributed by atoms with van der Waals surface area (Å²) in [6.07, 6.45) is 8.18. The third-order valence-electron chi connectivity index (χ3n) is 4.69. The second-order valence-corrected chi connectivity index (χ2v) is 6.25. The molecule has 0 saturated heterocycles. The fourth-order valence-corrected chi connectivity index (χ4v) is 3.37. The number of aromatic nitrogens is 5. The van der Waals surface area contributed by atoms with Crippen molar-refractivity contribution >= 4 is 17.4 Å². The monoisotopic (exact) mass is 361 g/mol. The maximum atomic E-state index is 6.54. The third kappa shape index (κ3) is 2.61. The first-order valence-corrected chi connectivity index (χ1v) is 8.41. The first-order valence-electron chi connectivity index (χ1n) is 8.41. The second kappa shape index (κ2) is 6.40. The molecule has 0 bridgehead atoms. The quantitative estimate of drug-likeness (QED) is 0.732. The number of nitrogens with one attached hydrogen (secondary N) is 1. The summed E-state index contributed by atoms with van der Waals surface area (Å²) in [6.45, 7) is 5.70. The highest BCUT2D eigenvalue weighted by atomic mass is 16.5. The van der Waals surface area contributed by atoms with Crippen LogP contribution in [0.25, 0.3) is 11.2 Å². The van der Waals surface area contributed by atoms with Gasteiger partial charge in [0.05, 0.1) is 24.5 Å². The second-order valence-electron chi connectivity index (χ2n) is 6.25. The van der Waals surface area contributed by atoms with E-state index in [-0.39, 0.29) is 0 Å². The molecule has 4 heterocycles. The summed E-state index contributed by atoms with van der Waals surface area (Å²) in [5.74, 6) is 1.11. The lowest BCUT2D eigenvalue weighted by Crippen LogP contribution is -2.46. The number of pyridine rings is 1. The Kier molecular flexibility index (Phi) is 4.04. The zero-order valence-corrected chi connectivity index (χ0v) is 15.0. The van der Waals surface area contributed by atoms with E-state index in [1.165, 1.54) is 0 Å². The molecule has 0 aliphatic carbocycles. The number of methoxy groups -OCH3 is 1. The van der Waals surface area contributed by atoms with E-state index in [1.54, 1.807) is 38.0 Å².